The minimum atomic E-state index is -1.19. The fourth-order valence-corrected chi connectivity index (χ4v) is 3.66. The van der Waals surface area contributed by atoms with Crippen molar-refractivity contribution in [3.8, 4) is 17.0 Å². The number of hydrogen-bond donors (Lipinski definition) is 3. The van der Waals surface area contributed by atoms with Gasteiger partial charge in [0.25, 0.3) is 13.9 Å². The van der Waals surface area contributed by atoms with Gasteiger partial charge in [-0.2, -0.15) is 0 Å². The van der Waals surface area contributed by atoms with Gasteiger partial charge in [-0.15, -0.1) is 0 Å². The average molecular weight is 501 g/mol. The monoisotopic (exact) mass is 501 g/mol. The number of ether oxygens (including phenoxy) is 2. The summed E-state index contributed by atoms with van der Waals surface area (Å²) in [5.74, 6) is -1.19. The third kappa shape index (κ3) is 6.38. The lowest BCUT2D eigenvalue weighted by atomic mass is 10.1. The third-order valence-electron chi connectivity index (χ3n) is 5.57. The summed E-state index contributed by atoms with van der Waals surface area (Å²) in [6.45, 7) is 2.70. The van der Waals surface area contributed by atoms with E-state index in [2.05, 4.69) is 30.1 Å². The van der Waals surface area contributed by atoms with E-state index in [1.165, 1.54) is 6.20 Å². The number of nitrogen functional groups attached to an aromatic ring is 1. The lowest BCUT2D eigenvalue weighted by molar-refractivity contribution is -0.129. The molecule has 0 unspecified atom stereocenters. The van der Waals surface area contributed by atoms with Gasteiger partial charge in [-0.3, -0.25) is 9.78 Å². The molecule has 0 spiro atoms. The summed E-state index contributed by atoms with van der Waals surface area (Å²) in [4.78, 5) is 42.1. The Kier molecular flexibility index (Phi) is 8.26. The zero-order valence-corrected chi connectivity index (χ0v) is 19.8. The van der Waals surface area contributed by atoms with E-state index in [-0.39, 0.29) is 30.3 Å². The Balaban J connectivity index is 1.46. The lowest BCUT2D eigenvalue weighted by Gasteiger charge is -2.30. The molecule has 3 aromatic rings. The Morgan fingerprint density at radius 3 is 2.65 bits per heavy atom. The predicted octanol–water partition coefficient (Wildman–Crippen LogP) is 1.59. The van der Waals surface area contributed by atoms with Gasteiger partial charge in [0, 0.05) is 31.3 Å². The molecule has 1 aromatic carbocycles. The summed E-state index contributed by atoms with van der Waals surface area (Å²) >= 11 is 0. The number of pyridine rings is 1. The van der Waals surface area contributed by atoms with Crippen LogP contribution < -0.4 is 20.7 Å². The molecule has 1 saturated heterocycles. The number of carboxylic acid groups (broad SMARTS) is 1. The number of benzene rings is 1. The van der Waals surface area contributed by atoms with Crippen molar-refractivity contribution >= 4 is 42.8 Å². The van der Waals surface area contributed by atoms with Gasteiger partial charge in [0.2, 0.25) is 0 Å². The molecule has 3 heterocycles. The standard InChI is InChI=1S/C24H24BN7O5/c25-31-17(24(34)35)6-10-37-16-3-1-15(2-4-16)18-14-28-22(26)21(29-18)23(33)30-19-13-27-7-5-20(19)32-8-11-36-12-9-32/h1-5,7,13-14H,6,8-12H2,(H2,26,28)(H,30,33)(H,34,35). The molecule has 0 saturated carbocycles. The first kappa shape index (κ1) is 25.6. The number of nitrogens with zero attached hydrogens (tertiary/aromatic N) is 5. The van der Waals surface area contributed by atoms with Crippen LogP contribution in [0.1, 0.15) is 16.9 Å². The molecule has 37 heavy (non-hydrogen) atoms. The third-order valence-corrected chi connectivity index (χ3v) is 5.57. The molecule has 1 fully saturated rings. The Morgan fingerprint density at radius 2 is 1.95 bits per heavy atom. The first-order valence-electron chi connectivity index (χ1n) is 11.4. The summed E-state index contributed by atoms with van der Waals surface area (Å²) < 4.78 is 11.0. The molecule has 188 valence electrons. The number of morpholine rings is 1. The normalized spacial score (nSPS) is 13.7. The van der Waals surface area contributed by atoms with E-state index in [0.717, 1.165) is 5.69 Å². The molecule has 0 atom stereocenters. The van der Waals surface area contributed by atoms with Crippen LogP contribution in [0.25, 0.3) is 11.3 Å². The van der Waals surface area contributed by atoms with E-state index in [4.69, 9.17) is 28.3 Å². The molecule has 2 radical (unpaired) electrons. The maximum Gasteiger partial charge on any atom is 0.348 e. The van der Waals surface area contributed by atoms with Gasteiger partial charge in [0.15, 0.2) is 11.5 Å². The lowest BCUT2D eigenvalue weighted by Crippen LogP contribution is -2.36. The summed E-state index contributed by atoms with van der Waals surface area (Å²) in [6.07, 6.45) is 4.77. The maximum absolute atomic E-state index is 13.1. The number of nitrogens with two attached hydrogens (primary N) is 1. The SMILES string of the molecule is [B]N=C(CCOc1ccc(-c2cnc(N)c(C(=O)Nc3cnccc3N3CCOCC3)n2)cc1)C(=O)O. The molecule has 13 heteroatoms. The average Bonchev–Trinajstić information content (AvgIpc) is 2.92. The van der Waals surface area contributed by atoms with Crippen LogP contribution in [0.2, 0.25) is 0 Å². The highest BCUT2D eigenvalue weighted by Gasteiger charge is 2.20. The molecule has 2 aromatic heterocycles. The van der Waals surface area contributed by atoms with Gasteiger partial charge in [0.1, 0.15) is 11.5 Å². The van der Waals surface area contributed by atoms with Gasteiger partial charge in [-0.25, -0.2) is 14.8 Å². The van der Waals surface area contributed by atoms with Crippen LogP contribution in [0.3, 0.4) is 0 Å². The number of aromatic nitrogens is 3. The maximum atomic E-state index is 13.1. The zero-order chi connectivity index (χ0) is 26.2. The highest BCUT2D eigenvalue weighted by Crippen LogP contribution is 2.27. The van der Waals surface area contributed by atoms with Crippen LogP contribution in [-0.4, -0.2) is 78.5 Å². The highest BCUT2D eigenvalue weighted by molar-refractivity contribution is 6.39. The van der Waals surface area contributed by atoms with Crippen LogP contribution in [0.15, 0.2) is 53.8 Å². The number of amides is 1. The fraction of sp³-hybridized carbons (Fsp3) is 0.250. The Bertz CT molecular complexity index is 1300. The van der Waals surface area contributed by atoms with Crippen molar-refractivity contribution in [1.82, 2.24) is 15.0 Å². The number of carbonyl (C=O) groups is 2. The Hall–Kier alpha value is -4.52. The minimum Gasteiger partial charge on any atom is -0.493 e. The number of nitrogens with one attached hydrogen (secondary N) is 1. The van der Waals surface area contributed by atoms with Crippen molar-refractivity contribution in [2.45, 2.75) is 6.42 Å². The molecule has 4 rings (SSSR count). The van der Waals surface area contributed by atoms with E-state index in [1.54, 1.807) is 36.7 Å². The van der Waals surface area contributed by atoms with Crippen molar-refractivity contribution in [2.75, 3.05) is 48.9 Å². The smallest absolute Gasteiger partial charge is 0.348 e. The first-order chi connectivity index (χ1) is 18.0. The number of aliphatic carboxylic acids is 1. The minimum absolute atomic E-state index is 0.00572. The molecule has 1 aliphatic rings. The van der Waals surface area contributed by atoms with E-state index in [9.17, 15) is 9.59 Å². The van der Waals surface area contributed by atoms with Gasteiger partial charge >= 0.3 is 5.97 Å². The van der Waals surface area contributed by atoms with Gasteiger partial charge in [-0.1, -0.05) is 0 Å². The fourth-order valence-electron chi connectivity index (χ4n) is 3.66. The molecular weight excluding hydrogens is 477 g/mol. The topological polar surface area (TPSA) is 165 Å². The molecule has 0 aliphatic carbocycles. The van der Waals surface area contributed by atoms with E-state index >= 15 is 0 Å². The predicted molar refractivity (Wildman–Crippen MR) is 138 cm³/mol. The van der Waals surface area contributed by atoms with Crippen LogP contribution >= 0.6 is 0 Å². The van der Waals surface area contributed by atoms with Crippen molar-refractivity contribution in [3.05, 3.63) is 54.6 Å². The van der Waals surface area contributed by atoms with Gasteiger partial charge < -0.3 is 35.4 Å². The summed E-state index contributed by atoms with van der Waals surface area (Å²) in [7, 11) is 5.06. The van der Waals surface area contributed by atoms with Crippen molar-refractivity contribution in [1.29, 1.82) is 0 Å². The summed E-state index contributed by atoms with van der Waals surface area (Å²) in [5, 5.41) is 11.8. The number of hydrogen-bond acceptors (Lipinski definition) is 10. The Morgan fingerprint density at radius 1 is 1.19 bits per heavy atom. The van der Waals surface area contributed by atoms with Crippen molar-refractivity contribution in [2.24, 2.45) is 4.90 Å². The van der Waals surface area contributed by atoms with Crippen LogP contribution in [-0.2, 0) is 9.53 Å². The van der Waals surface area contributed by atoms with E-state index < -0.39 is 11.9 Å². The van der Waals surface area contributed by atoms with Gasteiger partial charge in [-0.05, 0) is 30.3 Å². The highest BCUT2D eigenvalue weighted by atomic mass is 16.5. The second kappa shape index (κ2) is 11.9. The largest absolute Gasteiger partial charge is 0.493 e. The van der Waals surface area contributed by atoms with E-state index in [1.807, 2.05) is 6.07 Å². The molecule has 4 N–H and O–H groups in total. The van der Waals surface area contributed by atoms with Crippen LogP contribution in [0.5, 0.6) is 5.75 Å². The van der Waals surface area contributed by atoms with Crippen LogP contribution in [0.4, 0.5) is 17.2 Å². The van der Waals surface area contributed by atoms with Crippen molar-refractivity contribution in [3.63, 3.8) is 0 Å². The zero-order valence-electron chi connectivity index (χ0n) is 19.8. The summed E-state index contributed by atoms with van der Waals surface area (Å²) in [6, 6.07) is 8.70. The quantitative estimate of drug-likeness (QED) is 0.290. The van der Waals surface area contributed by atoms with Crippen LogP contribution in [0, 0.1) is 0 Å². The summed E-state index contributed by atoms with van der Waals surface area (Å²) in [5.41, 5.74) is 8.27. The second-order valence-corrected chi connectivity index (χ2v) is 7.94. The molecular formula is C24H24BN7O5. The first-order valence-corrected chi connectivity index (χ1v) is 11.4. The molecule has 1 amide bonds. The number of carboxylic acids is 1. The second-order valence-electron chi connectivity index (χ2n) is 7.94. The molecule has 0 bridgehead atoms. The van der Waals surface area contributed by atoms with E-state index in [0.29, 0.717) is 49.0 Å². The molecule has 1 aliphatic heterocycles. The van der Waals surface area contributed by atoms with Gasteiger partial charge in [0.05, 0.1) is 49.3 Å². The number of anilines is 3. The Labute approximate surface area is 214 Å². The molecule has 12 nitrogen and oxygen atoms in total. The number of carbonyl (C=O) groups excluding carboxylic acids is 1. The van der Waals surface area contributed by atoms with Crippen molar-refractivity contribution < 1.29 is 24.2 Å². The number of rotatable bonds is 9.